The van der Waals surface area contributed by atoms with Crippen molar-refractivity contribution in [1.82, 2.24) is 0 Å². The highest BCUT2D eigenvalue weighted by Crippen LogP contribution is 2.43. The number of rotatable bonds is 3. The second-order valence-corrected chi connectivity index (χ2v) is 9.57. The third kappa shape index (κ3) is 4.14. The molecule has 2 aliphatic carbocycles. The molecule has 0 spiro atoms. The van der Waals surface area contributed by atoms with Crippen molar-refractivity contribution in [1.29, 1.82) is 0 Å². The van der Waals surface area contributed by atoms with Crippen molar-refractivity contribution in [2.45, 2.75) is 90.1 Å². The third-order valence-electron chi connectivity index (χ3n) is 7.69. The molecule has 0 saturated heterocycles. The molecule has 0 N–H and O–H groups in total. The van der Waals surface area contributed by atoms with Crippen LogP contribution in [0.4, 0.5) is 8.78 Å². The van der Waals surface area contributed by atoms with E-state index in [9.17, 15) is 8.78 Å². The van der Waals surface area contributed by atoms with E-state index < -0.39 is 11.6 Å². The van der Waals surface area contributed by atoms with Crippen LogP contribution in [-0.2, 0) is 4.74 Å². The van der Waals surface area contributed by atoms with Crippen LogP contribution in [0.2, 0.25) is 0 Å². The molecule has 0 bridgehead atoms. The van der Waals surface area contributed by atoms with Crippen molar-refractivity contribution in [2.24, 2.45) is 17.8 Å². The Labute approximate surface area is 168 Å². The summed E-state index contributed by atoms with van der Waals surface area (Å²) in [5, 5.41) is 0. The molecule has 3 heteroatoms. The van der Waals surface area contributed by atoms with E-state index in [4.69, 9.17) is 4.74 Å². The monoisotopic (exact) mass is 388 g/mol. The van der Waals surface area contributed by atoms with Crippen LogP contribution in [0.1, 0.15) is 88.2 Å². The Bertz CT molecular complexity index is 710. The topological polar surface area (TPSA) is 9.23 Å². The predicted molar refractivity (Wildman–Crippen MR) is 109 cm³/mol. The van der Waals surface area contributed by atoms with Gasteiger partial charge >= 0.3 is 0 Å². The highest BCUT2D eigenvalue weighted by Gasteiger charge is 2.33. The molecule has 1 atom stereocenters. The fourth-order valence-electron chi connectivity index (χ4n) is 5.67. The maximum Gasteiger partial charge on any atom is 0.162 e. The molecule has 0 amide bonds. The van der Waals surface area contributed by atoms with E-state index in [1.807, 2.05) is 0 Å². The van der Waals surface area contributed by atoms with Gasteiger partial charge in [-0.25, -0.2) is 8.78 Å². The van der Waals surface area contributed by atoms with Gasteiger partial charge in [-0.05, 0) is 98.7 Å². The summed E-state index contributed by atoms with van der Waals surface area (Å²) in [6, 6.07) is 3.50. The molecule has 1 unspecified atom stereocenters. The Kier molecular flexibility index (Phi) is 6.08. The van der Waals surface area contributed by atoms with Gasteiger partial charge in [0, 0.05) is 0 Å². The van der Waals surface area contributed by atoms with Crippen LogP contribution in [0.5, 0.6) is 0 Å². The number of allylic oxidation sites excluding steroid dienone is 1. The zero-order chi connectivity index (χ0) is 19.7. The average Bonchev–Trinajstić information content (AvgIpc) is 2.73. The molecule has 1 heterocycles. The van der Waals surface area contributed by atoms with Crippen molar-refractivity contribution in [3.8, 4) is 0 Å². The number of benzene rings is 1. The van der Waals surface area contributed by atoms with Gasteiger partial charge < -0.3 is 4.74 Å². The lowest BCUT2D eigenvalue weighted by molar-refractivity contribution is 0.0415. The summed E-state index contributed by atoms with van der Waals surface area (Å²) in [4.78, 5) is 0. The maximum atomic E-state index is 14.3. The molecule has 1 aliphatic heterocycles. The summed E-state index contributed by atoms with van der Waals surface area (Å²) < 4.78 is 34.5. The third-order valence-corrected chi connectivity index (χ3v) is 7.69. The van der Waals surface area contributed by atoms with Crippen LogP contribution in [0, 0.1) is 36.3 Å². The minimum atomic E-state index is -0.676. The number of hydrogen-bond acceptors (Lipinski definition) is 1. The summed E-state index contributed by atoms with van der Waals surface area (Å²) in [7, 11) is 0. The van der Waals surface area contributed by atoms with Gasteiger partial charge in [0.2, 0.25) is 0 Å². The van der Waals surface area contributed by atoms with Gasteiger partial charge in [-0.15, -0.1) is 0 Å². The number of hydrogen-bond donors (Lipinski definition) is 0. The zero-order valence-electron chi connectivity index (χ0n) is 17.4. The molecular weight excluding hydrogens is 354 g/mol. The van der Waals surface area contributed by atoms with Crippen molar-refractivity contribution in [3.05, 3.63) is 46.7 Å². The standard InChI is InChI=1S/C25H34F2O/c1-16-3-6-18(7-4-16)21-12-14-23(28-15-21)20-10-8-19(9-11-20)22-13-5-17(2)24(26)25(22)27/h5,13,15-16,18-20,23H,3-4,6-12,14H2,1-2H3. The van der Waals surface area contributed by atoms with Crippen LogP contribution >= 0.6 is 0 Å². The molecule has 28 heavy (non-hydrogen) atoms. The first kappa shape index (κ1) is 19.9. The summed E-state index contributed by atoms with van der Waals surface area (Å²) in [5.41, 5.74) is 2.49. The fourth-order valence-corrected chi connectivity index (χ4v) is 5.67. The van der Waals surface area contributed by atoms with Crippen LogP contribution < -0.4 is 0 Å². The van der Waals surface area contributed by atoms with Gasteiger partial charge in [-0.1, -0.05) is 31.9 Å². The van der Waals surface area contributed by atoms with Crippen LogP contribution in [0.25, 0.3) is 0 Å². The van der Waals surface area contributed by atoms with Gasteiger partial charge in [-0.3, -0.25) is 0 Å². The molecule has 154 valence electrons. The maximum absolute atomic E-state index is 14.3. The van der Waals surface area contributed by atoms with Crippen molar-refractivity contribution in [2.75, 3.05) is 0 Å². The smallest absolute Gasteiger partial charge is 0.162 e. The summed E-state index contributed by atoms with van der Waals surface area (Å²) >= 11 is 0. The lowest BCUT2D eigenvalue weighted by Gasteiger charge is -2.37. The molecule has 2 saturated carbocycles. The normalized spacial score (nSPS) is 33.9. The largest absolute Gasteiger partial charge is 0.498 e. The minimum absolute atomic E-state index is 0.144. The Morgan fingerprint density at radius 2 is 1.50 bits per heavy atom. The first-order chi connectivity index (χ1) is 13.5. The Morgan fingerprint density at radius 3 is 2.14 bits per heavy atom. The Balaban J connectivity index is 1.31. The van der Waals surface area contributed by atoms with Crippen molar-refractivity contribution < 1.29 is 13.5 Å². The number of ether oxygens (including phenoxy) is 1. The quantitative estimate of drug-likeness (QED) is 0.523. The summed E-state index contributed by atoms with van der Waals surface area (Å²) in [6.45, 7) is 3.99. The summed E-state index contributed by atoms with van der Waals surface area (Å²) in [6.07, 6.45) is 14.0. The second kappa shape index (κ2) is 8.55. The SMILES string of the molecule is Cc1ccc(C2CCC(C3CCC(C4CCC(C)CC4)=CO3)CC2)c(F)c1F. The highest BCUT2D eigenvalue weighted by atomic mass is 19.2. The average molecular weight is 389 g/mol. The molecule has 4 rings (SSSR count). The molecule has 1 aromatic rings. The van der Waals surface area contributed by atoms with Crippen LogP contribution in [-0.4, -0.2) is 6.10 Å². The van der Waals surface area contributed by atoms with E-state index in [-0.39, 0.29) is 5.92 Å². The van der Waals surface area contributed by atoms with Crippen molar-refractivity contribution in [3.63, 3.8) is 0 Å². The fraction of sp³-hybridized carbons (Fsp3) is 0.680. The second-order valence-electron chi connectivity index (χ2n) is 9.57. The van der Waals surface area contributed by atoms with E-state index in [1.54, 1.807) is 19.1 Å². The lowest BCUT2D eigenvalue weighted by atomic mass is 9.74. The Morgan fingerprint density at radius 1 is 0.821 bits per heavy atom. The molecule has 0 aromatic heterocycles. The van der Waals surface area contributed by atoms with Gasteiger partial charge in [-0.2, -0.15) is 0 Å². The van der Waals surface area contributed by atoms with E-state index in [0.29, 0.717) is 23.1 Å². The molecule has 1 aromatic carbocycles. The first-order valence-corrected chi connectivity index (χ1v) is 11.3. The lowest BCUT2D eigenvalue weighted by Crippen LogP contribution is -2.30. The molecule has 1 nitrogen and oxygen atoms in total. The van der Waals surface area contributed by atoms with E-state index >= 15 is 0 Å². The first-order valence-electron chi connectivity index (χ1n) is 11.3. The van der Waals surface area contributed by atoms with Crippen molar-refractivity contribution >= 4 is 0 Å². The van der Waals surface area contributed by atoms with E-state index in [0.717, 1.165) is 43.9 Å². The number of aryl methyl sites for hydroxylation is 1. The van der Waals surface area contributed by atoms with Crippen LogP contribution in [0.3, 0.4) is 0 Å². The minimum Gasteiger partial charge on any atom is -0.498 e. The molecule has 0 radical (unpaired) electrons. The molecule has 3 aliphatic rings. The van der Waals surface area contributed by atoms with Gasteiger partial charge in [0.15, 0.2) is 11.6 Å². The van der Waals surface area contributed by atoms with Gasteiger partial charge in [0.25, 0.3) is 0 Å². The van der Waals surface area contributed by atoms with Crippen LogP contribution in [0.15, 0.2) is 24.0 Å². The number of halogens is 2. The predicted octanol–water partition coefficient (Wildman–Crippen LogP) is 7.44. The van der Waals surface area contributed by atoms with Gasteiger partial charge in [0.05, 0.1) is 6.26 Å². The molecule has 2 fully saturated rings. The van der Waals surface area contributed by atoms with E-state index in [2.05, 4.69) is 13.2 Å². The highest BCUT2D eigenvalue weighted by molar-refractivity contribution is 5.28. The van der Waals surface area contributed by atoms with Gasteiger partial charge in [0.1, 0.15) is 6.10 Å². The zero-order valence-corrected chi connectivity index (χ0v) is 17.4. The van der Waals surface area contributed by atoms with E-state index in [1.165, 1.54) is 37.7 Å². The Hall–Kier alpha value is -1.38. The molecular formula is C25H34F2O. The summed E-state index contributed by atoms with van der Waals surface area (Å²) in [5.74, 6) is 1.02.